The van der Waals surface area contributed by atoms with Gasteiger partial charge >= 0.3 is 5.97 Å². The summed E-state index contributed by atoms with van der Waals surface area (Å²) in [7, 11) is 0. The Morgan fingerprint density at radius 3 is 2.67 bits per heavy atom. The SMILES string of the molecule is NCCC[C@@H](Cl)C(=O)O. The molecule has 0 rings (SSSR count). The fourth-order valence-electron chi connectivity index (χ4n) is 0.421. The molecule has 0 aliphatic heterocycles. The second-order valence-corrected chi connectivity index (χ2v) is 2.26. The molecule has 0 aromatic heterocycles. The summed E-state index contributed by atoms with van der Waals surface area (Å²) >= 11 is 5.34. The molecule has 0 saturated carbocycles. The smallest absolute Gasteiger partial charge is 0.321 e. The number of rotatable bonds is 4. The van der Waals surface area contributed by atoms with Crippen LogP contribution in [0, 0.1) is 0 Å². The zero-order chi connectivity index (χ0) is 7.28. The van der Waals surface area contributed by atoms with E-state index in [1.54, 1.807) is 0 Å². The van der Waals surface area contributed by atoms with Gasteiger partial charge in [-0.3, -0.25) is 4.79 Å². The van der Waals surface area contributed by atoms with Gasteiger partial charge in [-0.2, -0.15) is 0 Å². The molecule has 9 heavy (non-hydrogen) atoms. The third kappa shape index (κ3) is 4.24. The molecule has 0 fully saturated rings. The maximum absolute atomic E-state index is 10.0. The molecule has 0 aliphatic carbocycles. The topological polar surface area (TPSA) is 63.3 Å². The standard InChI is InChI=1S/C5H10ClNO2/c6-4(5(8)9)2-1-3-7/h4H,1-3,7H2,(H,8,9)/t4-/m1/s1. The summed E-state index contributed by atoms with van der Waals surface area (Å²) in [5.41, 5.74) is 5.13. The number of carbonyl (C=O) groups is 1. The molecule has 4 heteroatoms. The minimum atomic E-state index is -0.967. The van der Waals surface area contributed by atoms with Crippen LogP contribution in [0.5, 0.6) is 0 Å². The number of carboxylic acids is 1. The highest BCUT2D eigenvalue weighted by Crippen LogP contribution is 2.03. The first-order valence-corrected chi connectivity index (χ1v) is 3.19. The molecule has 0 heterocycles. The fourth-order valence-corrected chi connectivity index (χ4v) is 0.575. The zero-order valence-electron chi connectivity index (χ0n) is 5.01. The van der Waals surface area contributed by atoms with Gasteiger partial charge in [0.15, 0.2) is 0 Å². The highest BCUT2D eigenvalue weighted by molar-refractivity contribution is 6.29. The number of hydrogen-bond donors (Lipinski definition) is 2. The molecule has 1 atom stereocenters. The van der Waals surface area contributed by atoms with Gasteiger partial charge < -0.3 is 10.8 Å². The lowest BCUT2D eigenvalue weighted by atomic mass is 10.2. The number of hydrogen-bond acceptors (Lipinski definition) is 2. The second-order valence-electron chi connectivity index (χ2n) is 1.74. The van der Waals surface area contributed by atoms with Crippen molar-refractivity contribution in [3.05, 3.63) is 0 Å². The van der Waals surface area contributed by atoms with E-state index < -0.39 is 11.3 Å². The van der Waals surface area contributed by atoms with Crippen molar-refractivity contribution in [2.75, 3.05) is 6.54 Å². The van der Waals surface area contributed by atoms with E-state index in [4.69, 9.17) is 22.4 Å². The van der Waals surface area contributed by atoms with Gasteiger partial charge in [0.2, 0.25) is 0 Å². The van der Waals surface area contributed by atoms with Crippen LogP contribution in [0.3, 0.4) is 0 Å². The lowest BCUT2D eigenvalue weighted by Gasteiger charge is -1.99. The van der Waals surface area contributed by atoms with Crippen molar-refractivity contribution in [2.24, 2.45) is 5.73 Å². The molecule has 0 aliphatic rings. The number of alkyl halides is 1. The van der Waals surface area contributed by atoms with Crippen LogP contribution in [0.4, 0.5) is 0 Å². The van der Waals surface area contributed by atoms with Gasteiger partial charge in [-0.25, -0.2) is 0 Å². The summed E-state index contributed by atoms with van der Waals surface area (Å²) in [5, 5.41) is 7.47. The zero-order valence-corrected chi connectivity index (χ0v) is 5.77. The van der Waals surface area contributed by atoms with E-state index in [2.05, 4.69) is 0 Å². The average molecular weight is 152 g/mol. The Bertz CT molecular complexity index is 97.0. The van der Waals surface area contributed by atoms with Crippen molar-refractivity contribution in [1.29, 1.82) is 0 Å². The molecule has 0 saturated heterocycles. The molecule has 54 valence electrons. The first-order valence-electron chi connectivity index (χ1n) is 2.75. The molecule has 0 aromatic carbocycles. The van der Waals surface area contributed by atoms with Gasteiger partial charge in [0.05, 0.1) is 0 Å². The van der Waals surface area contributed by atoms with E-state index >= 15 is 0 Å². The molecule has 0 spiro atoms. The van der Waals surface area contributed by atoms with Gasteiger partial charge in [-0.1, -0.05) is 0 Å². The quantitative estimate of drug-likeness (QED) is 0.573. The summed E-state index contributed by atoms with van der Waals surface area (Å²) in [6.07, 6.45) is 1.12. The summed E-state index contributed by atoms with van der Waals surface area (Å²) in [5.74, 6) is -0.967. The molecule has 0 aromatic rings. The van der Waals surface area contributed by atoms with Gasteiger partial charge in [-0.15, -0.1) is 11.6 Å². The van der Waals surface area contributed by atoms with Gasteiger partial charge in [-0.05, 0) is 19.4 Å². The first-order chi connectivity index (χ1) is 4.18. The summed E-state index contributed by atoms with van der Waals surface area (Å²) in [6, 6.07) is 0. The maximum atomic E-state index is 10.0. The number of nitrogens with two attached hydrogens (primary N) is 1. The molecule has 0 unspecified atom stereocenters. The van der Waals surface area contributed by atoms with E-state index in [0.717, 1.165) is 0 Å². The van der Waals surface area contributed by atoms with Crippen LogP contribution >= 0.6 is 11.6 Å². The van der Waals surface area contributed by atoms with E-state index in [0.29, 0.717) is 19.4 Å². The van der Waals surface area contributed by atoms with E-state index in [-0.39, 0.29) is 0 Å². The highest BCUT2D eigenvalue weighted by atomic mass is 35.5. The fraction of sp³-hybridized carbons (Fsp3) is 0.800. The van der Waals surface area contributed by atoms with Crippen LogP contribution in [-0.2, 0) is 4.79 Å². The Balaban J connectivity index is 3.27. The number of aliphatic carboxylic acids is 1. The Hall–Kier alpha value is -0.280. The molecule has 0 amide bonds. The molecular formula is C5H10ClNO2. The highest BCUT2D eigenvalue weighted by Gasteiger charge is 2.11. The number of carboxylic acid groups (broad SMARTS) is 1. The van der Waals surface area contributed by atoms with Crippen molar-refractivity contribution in [3.63, 3.8) is 0 Å². The summed E-state index contributed by atoms with van der Waals surface area (Å²) in [6.45, 7) is 0.497. The monoisotopic (exact) mass is 151 g/mol. The normalized spacial score (nSPS) is 13.1. The van der Waals surface area contributed by atoms with Crippen molar-refractivity contribution < 1.29 is 9.90 Å². The predicted octanol–water partition coefficient (Wildman–Crippen LogP) is 0.417. The van der Waals surface area contributed by atoms with Crippen LogP contribution in [0.2, 0.25) is 0 Å². The first kappa shape index (κ1) is 8.72. The minimum absolute atomic E-state index is 0.452. The van der Waals surface area contributed by atoms with Crippen LogP contribution < -0.4 is 5.73 Å². The lowest BCUT2D eigenvalue weighted by molar-refractivity contribution is -0.136. The Morgan fingerprint density at radius 2 is 2.33 bits per heavy atom. The largest absolute Gasteiger partial charge is 0.480 e. The summed E-state index contributed by atoms with van der Waals surface area (Å²) in [4.78, 5) is 10.0. The van der Waals surface area contributed by atoms with Crippen molar-refractivity contribution in [1.82, 2.24) is 0 Å². The third-order valence-corrected chi connectivity index (χ3v) is 1.33. The third-order valence-electron chi connectivity index (χ3n) is 0.930. The predicted molar refractivity (Wildman–Crippen MR) is 35.6 cm³/mol. The van der Waals surface area contributed by atoms with E-state index in [1.165, 1.54) is 0 Å². The molecule has 3 N–H and O–H groups in total. The number of halogens is 1. The lowest BCUT2D eigenvalue weighted by Crippen LogP contribution is -2.14. The average Bonchev–Trinajstić information content (AvgIpc) is 1.82. The van der Waals surface area contributed by atoms with Crippen LogP contribution in [0.25, 0.3) is 0 Å². The van der Waals surface area contributed by atoms with Crippen LogP contribution in [0.15, 0.2) is 0 Å². The Labute approximate surface area is 58.8 Å². The molecular weight excluding hydrogens is 142 g/mol. The molecule has 0 bridgehead atoms. The van der Waals surface area contributed by atoms with E-state index in [9.17, 15) is 4.79 Å². The Morgan fingerprint density at radius 1 is 1.78 bits per heavy atom. The van der Waals surface area contributed by atoms with Gasteiger partial charge in [0.1, 0.15) is 5.38 Å². The second kappa shape index (κ2) is 4.58. The van der Waals surface area contributed by atoms with Gasteiger partial charge in [0, 0.05) is 0 Å². The van der Waals surface area contributed by atoms with Crippen molar-refractivity contribution in [2.45, 2.75) is 18.2 Å². The van der Waals surface area contributed by atoms with E-state index in [1.807, 2.05) is 0 Å². The molecule has 0 radical (unpaired) electrons. The Kier molecular flexibility index (Phi) is 4.44. The van der Waals surface area contributed by atoms with Gasteiger partial charge in [0.25, 0.3) is 0 Å². The molecule has 3 nitrogen and oxygen atoms in total. The van der Waals surface area contributed by atoms with Crippen LogP contribution in [0.1, 0.15) is 12.8 Å². The van der Waals surface area contributed by atoms with Crippen molar-refractivity contribution >= 4 is 17.6 Å². The minimum Gasteiger partial charge on any atom is -0.480 e. The maximum Gasteiger partial charge on any atom is 0.321 e. The van der Waals surface area contributed by atoms with Crippen LogP contribution in [-0.4, -0.2) is 23.0 Å². The summed E-state index contributed by atoms with van der Waals surface area (Å²) < 4.78 is 0. The van der Waals surface area contributed by atoms with Crippen molar-refractivity contribution in [3.8, 4) is 0 Å².